The van der Waals surface area contributed by atoms with Gasteiger partial charge in [-0.3, -0.25) is 4.79 Å². The van der Waals surface area contributed by atoms with E-state index >= 15 is 0 Å². The number of carbonyl (C=O) groups excluding carboxylic acids is 1. The Hall–Kier alpha value is -2.76. The lowest BCUT2D eigenvalue weighted by Gasteiger charge is -2.31. The van der Waals surface area contributed by atoms with Crippen LogP contribution in [0.5, 0.6) is 0 Å². The van der Waals surface area contributed by atoms with Gasteiger partial charge in [0.15, 0.2) is 11.5 Å². The Morgan fingerprint density at radius 2 is 2.00 bits per heavy atom. The Balaban J connectivity index is 1.41. The van der Waals surface area contributed by atoms with Gasteiger partial charge in [0.25, 0.3) is 0 Å². The monoisotopic (exact) mass is 364 g/mol. The van der Waals surface area contributed by atoms with Crippen molar-refractivity contribution < 1.29 is 9.18 Å². The van der Waals surface area contributed by atoms with Crippen molar-refractivity contribution in [1.29, 1.82) is 0 Å². The topological polar surface area (TPSA) is 50.5 Å². The van der Waals surface area contributed by atoms with Gasteiger partial charge in [0.2, 0.25) is 5.91 Å². The van der Waals surface area contributed by atoms with Crippen LogP contribution in [0.4, 0.5) is 4.39 Å². The molecule has 27 heavy (non-hydrogen) atoms. The molecule has 1 aliphatic heterocycles. The number of nitrogens with zero attached hydrogens (tertiary/aromatic N) is 4. The van der Waals surface area contributed by atoms with Gasteiger partial charge in [0, 0.05) is 36.7 Å². The third-order valence-corrected chi connectivity index (χ3v) is 5.53. The molecule has 2 fully saturated rings. The van der Waals surface area contributed by atoms with Gasteiger partial charge in [0.05, 0.1) is 0 Å². The number of benzene rings is 1. The molecule has 1 unspecified atom stereocenters. The van der Waals surface area contributed by atoms with Crippen molar-refractivity contribution in [3.8, 4) is 11.1 Å². The Morgan fingerprint density at radius 1 is 1.11 bits per heavy atom. The van der Waals surface area contributed by atoms with E-state index < -0.39 is 0 Å². The Bertz CT molecular complexity index is 1010. The Morgan fingerprint density at radius 3 is 2.81 bits per heavy atom. The zero-order chi connectivity index (χ0) is 18.4. The molecule has 1 aromatic carbocycles. The van der Waals surface area contributed by atoms with Crippen LogP contribution in [0.15, 0.2) is 42.6 Å². The summed E-state index contributed by atoms with van der Waals surface area (Å²) in [5, 5.41) is 4.67. The molecule has 5 rings (SSSR count). The number of likely N-dealkylation sites (tertiary alicyclic amines) is 1. The van der Waals surface area contributed by atoms with E-state index in [9.17, 15) is 9.18 Å². The van der Waals surface area contributed by atoms with Crippen molar-refractivity contribution in [1.82, 2.24) is 19.5 Å². The first-order chi connectivity index (χ1) is 13.2. The first kappa shape index (κ1) is 16.4. The van der Waals surface area contributed by atoms with E-state index in [1.54, 1.807) is 10.6 Å². The second kappa shape index (κ2) is 6.44. The van der Waals surface area contributed by atoms with Gasteiger partial charge < -0.3 is 4.90 Å². The molecule has 0 N–H and O–H groups in total. The number of aromatic nitrogens is 3. The van der Waals surface area contributed by atoms with E-state index in [1.807, 2.05) is 29.3 Å². The molecule has 2 aliphatic rings. The fourth-order valence-corrected chi connectivity index (χ4v) is 3.89. The first-order valence-electron chi connectivity index (χ1n) is 9.58. The van der Waals surface area contributed by atoms with Gasteiger partial charge in [-0.1, -0.05) is 12.1 Å². The maximum atomic E-state index is 13.5. The summed E-state index contributed by atoms with van der Waals surface area (Å²) in [5.41, 5.74) is 2.48. The van der Waals surface area contributed by atoms with Crippen LogP contribution in [0.2, 0.25) is 0 Å². The lowest BCUT2D eigenvalue weighted by Crippen LogP contribution is -2.40. The van der Waals surface area contributed by atoms with Crippen LogP contribution < -0.4 is 0 Å². The smallest absolute Gasteiger partial charge is 0.225 e. The fraction of sp³-hybridized carbons (Fsp3) is 0.381. The molecule has 1 amide bonds. The lowest BCUT2D eigenvalue weighted by molar-refractivity contribution is -0.133. The van der Waals surface area contributed by atoms with Crippen LogP contribution in [0, 0.1) is 11.7 Å². The number of piperidine rings is 1. The van der Waals surface area contributed by atoms with Gasteiger partial charge in [-0.2, -0.15) is 5.10 Å². The van der Waals surface area contributed by atoms with Crippen LogP contribution >= 0.6 is 0 Å². The molecule has 6 heteroatoms. The number of pyridine rings is 1. The van der Waals surface area contributed by atoms with Crippen molar-refractivity contribution in [3.63, 3.8) is 0 Å². The molecule has 2 aromatic heterocycles. The molecule has 0 spiro atoms. The normalized spacial score (nSPS) is 20.2. The highest BCUT2D eigenvalue weighted by atomic mass is 19.1. The Labute approximate surface area is 156 Å². The number of amides is 1. The highest BCUT2D eigenvalue weighted by Gasteiger charge is 2.36. The lowest BCUT2D eigenvalue weighted by atomic mass is 9.97. The predicted molar refractivity (Wildman–Crippen MR) is 99.7 cm³/mol. The standard InChI is InChI=1S/C21H21FN4O/c22-18-5-1-3-15(11-18)16-8-9-19-23-20(24-26(19)13-16)17-4-2-10-25(12-17)21(27)14-6-7-14/h1,3,5,8-9,11,13-14,17H,2,4,6-7,10,12H2. The van der Waals surface area contributed by atoms with Crippen LogP contribution in [0.3, 0.4) is 0 Å². The molecule has 1 aliphatic carbocycles. The average molecular weight is 364 g/mol. The second-order valence-corrected chi connectivity index (χ2v) is 7.60. The van der Waals surface area contributed by atoms with Crippen LogP contribution in [-0.4, -0.2) is 38.5 Å². The summed E-state index contributed by atoms with van der Waals surface area (Å²) in [5.74, 6) is 1.27. The predicted octanol–water partition coefficient (Wildman–Crippen LogP) is 3.65. The molecular formula is C21H21FN4O. The molecule has 138 valence electrons. The molecule has 3 heterocycles. The van der Waals surface area contributed by atoms with Crippen LogP contribution in [-0.2, 0) is 4.79 Å². The van der Waals surface area contributed by atoms with Crippen molar-refractivity contribution in [2.75, 3.05) is 13.1 Å². The molecule has 3 aromatic rings. The summed E-state index contributed by atoms with van der Waals surface area (Å²) >= 11 is 0. The third kappa shape index (κ3) is 3.20. The fourth-order valence-electron chi connectivity index (χ4n) is 3.89. The van der Waals surface area contributed by atoms with E-state index in [-0.39, 0.29) is 17.7 Å². The third-order valence-electron chi connectivity index (χ3n) is 5.53. The molecule has 1 atom stereocenters. The number of fused-ring (bicyclic) bond motifs is 1. The molecule has 0 radical (unpaired) electrons. The van der Waals surface area contributed by atoms with Gasteiger partial charge in [-0.05, 0) is 55.5 Å². The summed E-state index contributed by atoms with van der Waals surface area (Å²) in [6.07, 6.45) is 5.96. The van der Waals surface area contributed by atoms with Crippen molar-refractivity contribution in [3.05, 3.63) is 54.2 Å². The summed E-state index contributed by atoms with van der Waals surface area (Å²) in [6.45, 7) is 1.56. The largest absolute Gasteiger partial charge is 0.342 e. The number of rotatable bonds is 3. The molecule has 5 nitrogen and oxygen atoms in total. The van der Waals surface area contributed by atoms with Crippen LogP contribution in [0.25, 0.3) is 16.8 Å². The summed E-state index contributed by atoms with van der Waals surface area (Å²) in [6, 6.07) is 10.4. The van der Waals surface area contributed by atoms with Crippen molar-refractivity contribution >= 4 is 11.6 Å². The first-order valence-corrected chi connectivity index (χ1v) is 9.58. The SMILES string of the molecule is O=C(C1CC1)N1CCCC(c2nc3ccc(-c4cccc(F)c4)cn3n2)C1. The van der Waals surface area contributed by atoms with Gasteiger partial charge in [-0.15, -0.1) is 0 Å². The van der Waals surface area contributed by atoms with Gasteiger partial charge in [-0.25, -0.2) is 13.9 Å². The second-order valence-electron chi connectivity index (χ2n) is 7.60. The Kier molecular flexibility index (Phi) is 3.92. The number of halogens is 1. The van der Waals surface area contributed by atoms with Gasteiger partial charge >= 0.3 is 0 Å². The molecule has 1 saturated heterocycles. The summed E-state index contributed by atoms with van der Waals surface area (Å²) in [7, 11) is 0. The summed E-state index contributed by atoms with van der Waals surface area (Å²) < 4.78 is 15.3. The number of carbonyl (C=O) groups is 1. The zero-order valence-electron chi connectivity index (χ0n) is 15.0. The van der Waals surface area contributed by atoms with E-state index in [0.29, 0.717) is 12.5 Å². The maximum absolute atomic E-state index is 13.5. The van der Waals surface area contributed by atoms with E-state index in [0.717, 1.165) is 54.8 Å². The minimum atomic E-state index is -0.255. The van der Waals surface area contributed by atoms with Crippen molar-refractivity contribution in [2.45, 2.75) is 31.6 Å². The van der Waals surface area contributed by atoms with Gasteiger partial charge in [0.1, 0.15) is 5.82 Å². The minimum absolute atomic E-state index is 0.180. The van der Waals surface area contributed by atoms with E-state index in [1.165, 1.54) is 12.1 Å². The number of hydrogen-bond donors (Lipinski definition) is 0. The quantitative estimate of drug-likeness (QED) is 0.713. The highest BCUT2D eigenvalue weighted by molar-refractivity contribution is 5.81. The average Bonchev–Trinajstić information content (AvgIpc) is 3.45. The summed E-state index contributed by atoms with van der Waals surface area (Å²) in [4.78, 5) is 19.1. The molecular weight excluding hydrogens is 343 g/mol. The molecule has 1 saturated carbocycles. The minimum Gasteiger partial charge on any atom is -0.342 e. The molecule has 0 bridgehead atoms. The maximum Gasteiger partial charge on any atom is 0.225 e. The van der Waals surface area contributed by atoms with Crippen molar-refractivity contribution in [2.24, 2.45) is 5.92 Å². The highest BCUT2D eigenvalue weighted by Crippen LogP contribution is 2.34. The zero-order valence-corrected chi connectivity index (χ0v) is 15.0. The van der Waals surface area contributed by atoms with Crippen LogP contribution in [0.1, 0.15) is 37.4 Å². The number of hydrogen-bond acceptors (Lipinski definition) is 3. The van der Waals surface area contributed by atoms with E-state index in [4.69, 9.17) is 0 Å². The van der Waals surface area contributed by atoms with E-state index in [2.05, 4.69) is 10.1 Å².